The molecule has 0 aromatic heterocycles. The Labute approximate surface area is 352 Å². The summed E-state index contributed by atoms with van der Waals surface area (Å²) >= 11 is 5.97. The van der Waals surface area contributed by atoms with Gasteiger partial charge in [-0.1, -0.05) is 90.8 Å². The summed E-state index contributed by atoms with van der Waals surface area (Å²) in [5, 5.41) is 26.9. The van der Waals surface area contributed by atoms with Crippen molar-refractivity contribution in [2.75, 3.05) is 39.4 Å². The van der Waals surface area contributed by atoms with Crippen LogP contribution in [0, 0.1) is 17.8 Å². The number of allylic oxidation sites excluding steroid dienone is 1. The Kier molecular flexibility index (Phi) is 14.3. The lowest BCUT2D eigenvalue weighted by Crippen LogP contribution is -2.69. The zero-order valence-corrected chi connectivity index (χ0v) is 34.5. The van der Waals surface area contributed by atoms with Crippen LogP contribution in [-0.4, -0.2) is 78.1 Å². The number of carbonyl (C=O) groups excluding carboxylic acids is 1. The van der Waals surface area contributed by atoms with Crippen LogP contribution in [0.1, 0.15) is 62.0 Å². The Hall–Kier alpha value is -4.87. The molecule has 59 heavy (non-hydrogen) atoms. The van der Waals surface area contributed by atoms with E-state index >= 15 is 0 Å². The van der Waals surface area contributed by atoms with Crippen LogP contribution in [0.3, 0.4) is 0 Å². The minimum atomic E-state index is -1.39. The molecule has 1 heterocycles. The number of aliphatic hydroxyl groups excluding tert-OH is 2. The molecule has 312 valence electrons. The Morgan fingerprint density at radius 1 is 0.949 bits per heavy atom. The summed E-state index contributed by atoms with van der Waals surface area (Å²) < 4.78 is 26.4. The topological polar surface area (TPSA) is 119 Å². The third kappa shape index (κ3) is 9.31. The molecule has 0 unspecified atom stereocenters. The number of alkyl halides is 1. The molecule has 1 amide bonds. The molecule has 0 saturated heterocycles. The fourth-order valence-electron chi connectivity index (χ4n) is 9.27. The number of rotatable bonds is 19. The summed E-state index contributed by atoms with van der Waals surface area (Å²) in [5.41, 5.74) is 3.59. The predicted octanol–water partition coefficient (Wildman–Crippen LogP) is 9.77. The Bertz CT molecular complexity index is 2110. The second kappa shape index (κ2) is 19.9. The highest BCUT2D eigenvalue weighted by atomic mass is 35.5. The first-order valence-electron chi connectivity index (χ1n) is 20.8. The SMILES string of the molecule is C=CCO[C@@]12Oc3ccc(Oc4ccc5ccccc5c4)cc3[C@H]3[C@H](CCCCO)[C@@H](CCCCO)C=C(C(=NOCc4ccccc4)C[C@@H]1N(C)C(=O)OCCCl)[C@H]32. The summed E-state index contributed by atoms with van der Waals surface area (Å²) in [6.45, 7) is 4.67. The number of hydrogen-bond donors (Lipinski definition) is 2. The van der Waals surface area contributed by atoms with Gasteiger partial charge in [0.15, 0.2) is 0 Å². The first-order chi connectivity index (χ1) is 28.9. The van der Waals surface area contributed by atoms with Crippen LogP contribution in [0.2, 0.25) is 0 Å². The number of amides is 1. The van der Waals surface area contributed by atoms with Gasteiger partial charge in [-0.15, -0.1) is 18.2 Å². The molecule has 0 bridgehead atoms. The van der Waals surface area contributed by atoms with Crippen molar-refractivity contribution in [3.8, 4) is 17.2 Å². The van der Waals surface area contributed by atoms with E-state index in [2.05, 4.69) is 36.9 Å². The zero-order chi connectivity index (χ0) is 41.2. The molecule has 11 heteroatoms. The van der Waals surface area contributed by atoms with E-state index in [1.807, 2.05) is 66.7 Å². The lowest BCUT2D eigenvalue weighted by atomic mass is 9.55. The molecule has 1 saturated carbocycles. The summed E-state index contributed by atoms with van der Waals surface area (Å²) in [5.74, 6) is 0.281. The van der Waals surface area contributed by atoms with Crippen molar-refractivity contribution >= 4 is 34.2 Å². The molecule has 0 radical (unpaired) electrons. The number of ether oxygens (including phenoxy) is 4. The number of halogens is 1. The van der Waals surface area contributed by atoms with Crippen molar-refractivity contribution in [1.82, 2.24) is 4.90 Å². The molecule has 4 aromatic rings. The lowest BCUT2D eigenvalue weighted by Gasteiger charge is -2.59. The molecule has 1 aliphatic heterocycles. The number of fused-ring (bicyclic) bond motifs is 3. The van der Waals surface area contributed by atoms with E-state index in [0.29, 0.717) is 30.1 Å². The van der Waals surface area contributed by atoms with Crippen LogP contribution in [0.5, 0.6) is 17.2 Å². The maximum Gasteiger partial charge on any atom is 0.410 e. The fourth-order valence-corrected chi connectivity index (χ4v) is 9.35. The Morgan fingerprint density at radius 2 is 1.68 bits per heavy atom. The highest BCUT2D eigenvalue weighted by Gasteiger charge is 2.65. The van der Waals surface area contributed by atoms with Gasteiger partial charge in [0.25, 0.3) is 0 Å². The summed E-state index contributed by atoms with van der Waals surface area (Å²) in [6, 6.07) is 29.4. The predicted molar refractivity (Wildman–Crippen MR) is 230 cm³/mol. The summed E-state index contributed by atoms with van der Waals surface area (Å²) in [6.07, 6.45) is 8.37. The standard InChI is InChI=1S/C48H55ClN2O8/c1-3-26-56-48-44(51(2)47(54)55-27-23-49)31-42(50-57-32-33-13-5-4-6-14-33)40-29-36(17-9-11-24-52)39(18-10-12-25-53)45(46(40)48)41-30-38(21-22-43(41)59-48)58-37-20-19-34-15-7-8-16-35(34)28-37/h3-8,13-16,19-22,28-30,36,39,44-46,52-53H,1,9-12,17-18,23-27,31-32H2,2H3/t36-,39+,44-,45+,46+,48+/m0/s1. The quantitative estimate of drug-likeness (QED) is 0.0416. The summed E-state index contributed by atoms with van der Waals surface area (Å²) in [4.78, 5) is 21.5. The molecular weight excluding hydrogens is 768 g/mol. The van der Waals surface area contributed by atoms with E-state index < -0.39 is 23.8 Å². The van der Waals surface area contributed by atoms with E-state index in [-0.39, 0.29) is 63.1 Å². The second-order valence-corrected chi connectivity index (χ2v) is 15.9. The van der Waals surface area contributed by atoms with Crippen molar-refractivity contribution in [1.29, 1.82) is 0 Å². The van der Waals surface area contributed by atoms with Crippen LogP contribution in [0.4, 0.5) is 4.79 Å². The minimum absolute atomic E-state index is 0.0441. The van der Waals surface area contributed by atoms with Crippen molar-refractivity contribution in [3.63, 3.8) is 0 Å². The largest absolute Gasteiger partial charge is 0.459 e. The van der Waals surface area contributed by atoms with E-state index in [1.165, 1.54) is 0 Å². The van der Waals surface area contributed by atoms with Gasteiger partial charge in [-0.2, -0.15) is 0 Å². The van der Waals surface area contributed by atoms with Gasteiger partial charge >= 0.3 is 6.09 Å². The zero-order valence-electron chi connectivity index (χ0n) is 33.7. The number of aliphatic hydroxyl groups is 2. The molecule has 7 rings (SSSR count). The van der Waals surface area contributed by atoms with Crippen LogP contribution < -0.4 is 9.47 Å². The number of benzene rings is 4. The van der Waals surface area contributed by atoms with E-state index in [1.54, 1.807) is 18.0 Å². The van der Waals surface area contributed by atoms with Crippen LogP contribution in [-0.2, 0) is 20.9 Å². The van der Waals surface area contributed by atoms with Gasteiger partial charge in [-0.25, -0.2) is 4.79 Å². The number of unbranched alkanes of at least 4 members (excludes halogenated alkanes) is 2. The minimum Gasteiger partial charge on any atom is -0.459 e. The molecular formula is C48H55ClN2O8. The van der Waals surface area contributed by atoms with Gasteiger partial charge in [0.05, 0.1) is 24.1 Å². The van der Waals surface area contributed by atoms with Gasteiger partial charge in [0.2, 0.25) is 5.79 Å². The maximum atomic E-state index is 13.8. The molecule has 0 spiro atoms. The Balaban J connectivity index is 1.40. The highest BCUT2D eigenvalue weighted by molar-refractivity contribution is 6.18. The van der Waals surface area contributed by atoms with Crippen LogP contribution in [0.25, 0.3) is 10.8 Å². The molecule has 2 N–H and O–H groups in total. The second-order valence-electron chi connectivity index (χ2n) is 15.6. The number of carbonyl (C=O) groups is 1. The maximum absolute atomic E-state index is 13.8. The number of nitrogens with zero attached hydrogens (tertiary/aromatic N) is 2. The van der Waals surface area contributed by atoms with E-state index in [9.17, 15) is 15.0 Å². The van der Waals surface area contributed by atoms with Gasteiger partial charge in [0.1, 0.15) is 36.5 Å². The van der Waals surface area contributed by atoms with Crippen LogP contribution in [0.15, 0.2) is 120 Å². The van der Waals surface area contributed by atoms with Crippen molar-refractivity contribution < 1.29 is 38.8 Å². The van der Waals surface area contributed by atoms with Crippen molar-refractivity contribution in [3.05, 3.63) is 126 Å². The van der Waals surface area contributed by atoms with Gasteiger partial charge in [0, 0.05) is 38.2 Å². The smallest absolute Gasteiger partial charge is 0.410 e. The molecule has 10 nitrogen and oxygen atoms in total. The molecule has 1 fully saturated rings. The third-order valence-electron chi connectivity index (χ3n) is 11.9. The average molecular weight is 823 g/mol. The lowest BCUT2D eigenvalue weighted by molar-refractivity contribution is -0.253. The van der Waals surface area contributed by atoms with Crippen molar-refractivity contribution in [2.45, 2.75) is 69.3 Å². The Morgan fingerprint density at radius 3 is 2.44 bits per heavy atom. The van der Waals surface area contributed by atoms with E-state index in [0.717, 1.165) is 58.9 Å². The van der Waals surface area contributed by atoms with Gasteiger partial charge in [-0.05, 0) is 89.8 Å². The normalized spacial score (nSPS) is 23.7. The van der Waals surface area contributed by atoms with Gasteiger partial charge in [-0.3, -0.25) is 0 Å². The fraction of sp³-hybridized carbons (Fsp3) is 0.417. The van der Waals surface area contributed by atoms with E-state index in [4.69, 9.17) is 40.5 Å². The molecule has 2 aliphatic carbocycles. The van der Waals surface area contributed by atoms with Crippen LogP contribution >= 0.6 is 11.6 Å². The number of oxime groups is 1. The third-order valence-corrected chi connectivity index (χ3v) is 12.1. The number of likely N-dealkylation sites (N-methyl/N-ethyl adjacent to an activating group) is 1. The summed E-state index contributed by atoms with van der Waals surface area (Å²) in [7, 11) is 1.70. The molecule has 4 aromatic carbocycles. The monoisotopic (exact) mass is 822 g/mol. The van der Waals surface area contributed by atoms with Gasteiger partial charge < -0.3 is 38.9 Å². The highest BCUT2D eigenvalue weighted by Crippen LogP contribution is 2.62. The molecule has 6 atom stereocenters. The average Bonchev–Trinajstić information content (AvgIpc) is 3.26. The number of hydrogen-bond acceptors (Lipinski definition) is 9. The first-order valence-corrected chi connectivity index (χ1v) is 21.3. The first kappa shape index (κ1) is 42.3. The van der Waals surface area contributed by atoms with Crippen molar-refractivity contribution in [2.24, 2.45) is 22.9 Å². The molecule has 3 aliphatic rings.